The fourth-order valence-corrected chi connectivity index (χ4v) is 3.42. The van der Waals surface area contributed by atoms with E-state index in [4.69, 9.17) is 14.2 Å². The zero-order chi connectivity index (χ0) is 22.8. The normalized spacial score (nSPS) is 11.5. The minimum Gasteiger partial charge on any atom is -0.493 e. The van der Waals surface area contributed by atoms with Gasteiger partial charge in [0.05, 0.1) is 26.9 Å². The van der Waals surface area contributed by atoms with Crippen molar-refractivity contribution < 1.29 is 24.1 Å². The topological polar surface area (TPSA) is 77.0 Å². The van der Waals surface area contributed by atoms with Gasteiger partial charge in [-0.1, -0.05) is 54.6 Å². The van der Waals surface area contributed by atoms with Gasteiger partial charge in [0.25, 0.3) is 0 Å². The van der Waals surface area contributed by atoms with Crippen LogP contribution in [0.2, 0.25) is 0 Å². The number of ether oxygens (including phenoxy) is 3. The summed E-state index contributed by atoms with van der Waals surface area (Å²) in [7, 11) is 3.17. The van der Waals surface area contributed by atoms with Gasteiger partial charge in [-0.15, -0.1) is 0 Å². The molecule has 0 radical (unpaired) electrons. The maximum Gasteiger partial charge on any atom is 0.220 e. The van der Waals surface area contributed by atoms with Gasteiger partial charge in [-0.25, -0.2) is 0 Å². The van der Waals surface area contributed by atoms with Crippen LogP contribution >= 0.6 is 0 Å². The van der Waals surface area contributed by atoms with Crippen molar-refractivity contribution in [1.82, 2.24) is 5.32 Å². The first-order valence-electron chi connectivity index (χ1n) is 10.5. The van der Waals surface area contributed by atoms with E-state index < -0.39 is 6.04 Å². The highest BCUT2D eigenvalue weighted by atomic mass is 16.5. The van der Waals surface area contributed by atoms with Crippen molar-refractivity contribution in [2.45, 2.75) is 25.5 Å². The zero-order valence-corrected chi connectivity index (χ0v) is 18.4. The Morgan fingerprint density at radius 1 is 0.875 bits per heavy atom. The van der Waals surface area contributed by atoms with Crippen molar-refractivity contribution in [3.63, 3.8) is 0 Å². The molecule has 6 nitrogen and oxygen atoms in total. The van der Waals surface area contributed by atoms with Crippen molar-refractivity contribution in [2.24, 2.45) is 0 Å². The Labute approximate surface area is 188 Å². The largest absolute Gasteiger partial charge is 0.493 e. The van der Waals surface area contributed by atoms with Crippen molar-refractivity contribution in [2.75, 3.05) is 20.8 Å². The molecular weight excluding hydrogens is 406 g/mol. The Balaban J connectivity index is 1.62. The van der Waals surface area contributed by atoms with Gasteiger partial charge in [0, 0.05) is 12.0 Å². The number of carbonyl (C=O) groups excluding carboxylic acids is 1. The van der Waals surface area contributed by atoms with E-state index in [1.165, 1.54) is 0 Å². The van der Waals surface area contributed by atoms with Crippen LogP contribution in [0.5, 0.6) is 17.2 Å². The molecule has 0 saturated heterocycles. The van der Waals surface area contributed by atoms with E-state index >= 15 is 0 Å². The SMILES string of the molecule is COc1ccc(CCC(=O)NC(CO)c2ccccc2OCc2ccccc2)cc1OC. The van der Waals surface area contributed by atoms with Crippen molar-refractivity contribution >= 4 is 5.91 Å². The van der Waals surface area contributed by atoms with Gasteiger partial charge in [-0.05, 0) is 35.7 Å². The molecule has 0 aromatic heterocycles. The van der Waals surface area contributed by atoms with Crippen LogP contribution in [0.25, 0.3) is 0 Å². The van der Waals surface area contributed by atoms with E-state index in [1.807, 2.05) is 72.8 Å². The summed E-state index contributed by atoms with van der Waals surface area (Å²) in [5.41, 5.74) is 2.75. The Bertz CT molecular complexity index is 1010. The smallest absolute Gasteiger partial charge is 0.220 e. The minimum atomic E-state index is -0.556. The number of aliphatic hydroxyl groups excluding tert-OH is 1. The van der Waals surface area contributed by atoms with Crippen LogP contribution in [0.3, 0.4) is 0 Å². The predicted octanol–water partition coefficient (Wildman–Crippen LogP) is 4.07. The quantitative estimate of drug-likeness (QED) is 0.475. The Kier molecular flexibility index (Phi) is 8.52. The number of aryl methyl sites for hydroxylation is 1. The van der Waals surface area contributed by atoms with Crippen LogP contribution in [0.4, 0.5) is 0 Å². The molecule has 2 N–H and O–H groups in total. The lowest BCUT2D eigenvalue weighted by molar-refractivity contribution is -0.122. The third-order valence-corrected chi connectivity index (χ3v) is 5.14. The average Bonchev–Trinajstić information content (AvgIpc) is 2.85. The van der Waals surface area contributed by atoms with E-state index in [0.717, 1.165) is 16.7 Å². The Morgan fingerprint density at radius 2 is 1.59 bits per heavy atom. The maximum absolute atomic E-state index is 12.6. The lowest BCUT2D eigenvalue weighted by Gasteiger charge is -2.20. The number of hydrogen-bond donors (Lipinski definition) is 2. The highest BCUT2D eigenvalue weighted by molar-refractivity contribution is 5.77. The molecule has 32 heavy (non-hydrogen) atoms. The molecule has 3 aromatic carbocycles. The van der Waals surface area contributed by atoms with Crippen LogP contribution in [0.15, 0.2) is 72.8 Å². The van der Waals surface area contributed by atoms with Crippen LogP contribution in [0.1, 0.15) is 29.2 Å². The molecule has 0 bridgehead atoms. The van der Waals surface area contributed by atoms with Gasteiger partial charge in [-0.2, -0.15) is 0 Å². The number of nitrogens with one attached hydrogen (secondary N) is 1. The van der Waals surface area contributed by atoms with Crippen molar-refractivity contribution in [3.8, 4) is 17.2 Å². The van der Waals surface area contributed by atoms with Gasteiger partial charge in [0.15, 0.2) is 11.5 Å². The van der Waals surface area contributed by atoms with Gasteiger partial charge in [0.2, 0.25) is 5.91 Å². The Hall–Kier alpha value is -3.51. The lowest BCUT2D eigenvalue weighted by Crippen LogP contribution is -2.31. The predicted molar refractivity (Wildman–Crippen MR) is 123 cm³/mol. The highest BCUT2D eigenvalue weighted by Crippen LogP contribution is 2.28. The molecule has 0 aliphatic carbocycles. The summed E-state index contributed by atoms with van der Waals surface area (Å²) < 4.78 is 16.5. The molecule has 1 amide bonds. The summed E-state index contributed by atoms with van der Waals surface area (Å²) in [5.74, 6) is 1.75. The van der Waals surface area contributed by atoms with E-state index in [2.05, 4.69) is 5.32 Å². The van der Waals surface area contributed by atoms with Crippen molar-refractivity contribution in [3.05, 3.63) is 89.5 Å². The standard InChI is InChI=1S/C26H29NO5/c1-30-24-14-12-19(16-25(24)31-2)13-15-26(29)27-22(17-28)21-10-6-7-11-23(21)32-18-20-8-4-3-5-9-20/h3-12,14,16,22,28H,13,15,17-18H2,1-2H3,(H,27,29). The summed E-state index contributed by atoms with van der Waals surface area (Å²) in [4.78, 5) is 12.6. The third-order valence-electron chi connectivity index (χ3n) is 5.14. The number of benzene rings is 3. The average molecular weight is 436 g/mol. The monoisotopic (exact) mass is 435 g/mol. The molecule has 0 heterocycles. The fourth-order valence-electron chi connectivity index (χ4n) is 3.42. The summed E-state index contributed by atoms with van der Waals surface area (Å²) >= 11 is 0. The van der Waals surface area contributed by atoms with E-state index in [9.17, 15) is 9.90 Å². The van der Waals surface area contributed by atoms with E-state index in [0.29, 0.717) is 30.3 Å². The number of methoxy groups -OCH3 is 2. The number of para-hydroxylation sites is 1. The highest BCUT2D eigenvalue weighted by Gasteiger charge is 2.18. The second kappa shape index (κ2) is 11.8. The molecule has 0 fully saturated rings. The first-order chi connectivity index (χ1) is 15.6. The summed E-state index contributed by atoms with van der Waals surface area (Å²) in [6, 6.07) is 22.3. The summed E-state index contributed by atoms with van der Waals surface area (Å²) in [6.45, 7) is 0.178. The van der Waals surface area contributed by atoms with Crippen LogP contribution in [-0.4, -0.2) is 31.8 Å². The molecule has 3 aromatic rings. The molecule has 0 saturated carbocycles. The number of aliphatic hydroxyl groups is 1. The van der Waals surface area contributed by atoms with Gasteiger partial charge in [0.1, 0.15) is 12.4 Å². The Morgan fingerprint density at radius 3 is 2.31 bits per heavy atom. The molecule has 6 heteroatoms. The molecule has 0 spiro atoms. The summed E-state index contributed by atoms with van der Waals surface area (Å²) in [6.07, 6.45) is 0.815. The van der Waals surface area contributed by atoms with Crippen molar-refractivity contribution in [1.29, 1.82) is 0 Å². The van der Waals surface area contributed by atoms with E-state index in [-0.39, 0.29) is 18.9 Å². The number of rotatable bonds is 11. The maximum atomic E-state index is 12.6. The molecular formula is C26H29NO5. The van der Waals surface area contributed by atoms with E-state index in [1.54, 1.807) is 14.2 Å². The van der Waals surface area contributed by atoms with Gasteiger partial charge in [-0.3, -0.25) is 4.79 Å². The number of amides is 1. The minimum absolute atomic E-state index is 0.156. The van der Waals surface area contributed by atoms with Gasteiger partial charge < -0.3 is 24.6 Å². The molecule has 168 valence electrons. The first-order valence-corrected chi connectivity index (χ1v) is 10.5. The van der Waals surface area contributed by atoms with Crippen LogP contribution in [0, 0.1) is 0 Å². The molecule has 1 unspecified atom stereocenters. The molecule has 0 aliphatic heterocycles. The molecule has 3 rings (SSSR count). The second-order valence-corrected chi connectivity index (χ2v) is 7.30. The third kappa shape index (κ3) is 6.25. The molecule has 1 atom stereocenters. The summed E-state index contributed by atoms with van der Waals surface area (Å²) in [5, 5.41) is 12.9. The lowest BCUT2D eigenvalue weighted by atomic mass is 10.0. The second-order valence-electron chi connectivity index (χ2n) is 7.30. The van der Waals surface area contributed by atoms with Crippen LogP contribution < -0.4 is 19.5 Å². The number of carbonyl (C=O) groups is 1. The van der Waals surface area contributed by atoms with Gasteiger partial charge >= 0.3 is 0 Å². The molecule has 0 aliphatic rings. The van der Waals surface area contributed by atoms with Crippen LogP contribution in [-0.2, 0) is 17.8 Å². The number of hydrogen-bond acceptors (Lipinski definition) is 5. The fraction of sp³-hybridized carbons (Fsp3) is 0.269. The first kappa shape index (κ1) is 23.2. The zero-order valence-electron chi connectivity index (χ0n) is 18.4.